The molecule has 0 fully saturated rings. The predicted molar refractivity (Wildman–Crippen MR) is 65.4 cm³/mol. The second kappa shape index (κ2) is 4.82. The van der Waals surface area contributed by atoms with E-state index in [0.29, 0.717) is 23.5 Å². The van der Waals surface area contributed by atoms with Crippen LogP contribution in [0.4, 0.5) is 0 Å². The van der Waals surface area contributed by atoms with E-state index in [2.05, 4.69) is 15.4 Å². The highest BCUT2D eigenvalue weighted by molar-refractivity contribution is 6.20. The third kappa shape index (κ3) is 2.05. The first-order valence-corrected chi connectivity index (χ1v) is 6.02. The normalized spacial score (nSPS) is 13.9. The van der Waals surface area contributed by atoms with Crippen molar-refractivity contribution in [1.29, 1.82) is 0 Å². The lowest BCUT2D eigenvalue weighted by atomic mass is 10.1. The quantitative estimate of drug-likeness (QED) is 0.740. The topological polar surface area (TPSA) is 90.2 Å². The largest absolute Gasteiger partial charge is 0.285 e. The van der Waals surface area contributed by atoms with Gasteiger partial charge in [0.15, 0.2) is 5.82 Å². The number of tetrazole rings is 1. The zero-order chi connectivity index (χ0) is 14.1. The van der Waals surface area contributed by atoms with Gasteiger partial charge in [0.2, 0.25) is 0 Å². The Bertz CT molecular complexity index is 646. The number of carbonyl (C=O) groups excluding carboxylic acids is 2. The monoisotopic (exact) mass is 273 g/mol. The summed E-state index contributed by atoms with van der Waals surface area (Å²) in [7, 11) is 0. The number of amides is 2. The van der Waals surface area contributed by atoms with Gasteiger partial charge in [-0.15, -0.1) is 15.3 Å². The molecule has 8 nitrogen and oxygen atoms in total. The minimum atomic E-state index is -0.451. The Morgan fingerprint density at radius 3 is 2.35 bits per heavy atom. The molecule has 2 amide bonds. The summed E-state index contributed by atoms with van der Waals surface area (Å²) in [6.07, 6.45) is 0. The molecule has 2 heterocycles. The van der Waals surface area contributed by atoms with Gasteiger partial charge in [0.05, 0.1) is 24.3 Å². The molecule has 102 valence electrons. The average Bonchev–Trinajstić information content (AvgIpc) is 2.97. The average molecular weight is 273 g/mol. The number of rotatable bonds is 4. The molecule has 1 aliphatic rings. The van der Waals surface area contributed by atoms with Gasteiger partial charge >= 0.3 is 0 Å². The van der Waals surface area contributed by atoms with Crippen molar-refractivity contribution in [2.45, 2.75) is 13.5 Å². The molecular weight excluding hydrogens is 262 g/mol. The fourth-order valence-corrected chi connectivity index (χ4v) is 1.92. The number of hydroxylamine groups is 2. The van der Waals surface area contributed by atoms with Gasteiger partial charge in [0.25, 0.3) is 11.8 Å². The van der Waals surface area contributed by atoms with Crippen molar-refractivity contribution in [3.8, 4) is 0 Å². The standard InChI is InChI=1S/C12H11N5O3/c1-8-13-15-16(14-8)6-7-20-17-11(18)9-4-2-3-5-10(9)12(17)19/h2-5H,6-7H2,1H3. The molecule has 20 heavy (non-hydrogen) atoms. The maximum absolute atomic E-state index is 12.0. The molecule has 0 unspecified atom stereocenters. The Kier molecular flexibility index (Phi) is 2.99. The number of aromatic nitrogens is 4. The molecule has 8 heteroatoms. The second-order valence-electron chi connectivity index (χ2n) is 4.22. The zero-order valence-electron chi connectivity index (χ0n) is 10.7. The van der Waals surface area contributed by atoms with Crippen molar-refractivity contribution < 1.29 is 14.4 Å². The van der Waals surface area contributed by atoms with Crippen LogP contribution in [-0.4, -0.2) is 43.7 Å². The molecule has 0 bridgehead atoms. The first-order chi connectivity index (χ1) is 9.66. The highest BCUT2D eigenvalue weighted by Gasteiger charge is 2.36. The van der Waals surface area contributed by atoms with Gasteiger partial charge in [-0.05, 0) is 24.3 Å². The summed E-state index contributed by atoms with van der Waals surface area (Å²) in [6.45, 7) is 2.12. The van der Waals surface area contributed by atoms with E-state index < -0.39 is 11.8 Å². The summed E-state index contributed by atoms with van der Waals surface area (Å²) in [6, 6.07) is 6.60. The van der Waals surface area contributed by atoms with Crippen LogP contribution in [-0.2, 0) is 11.4 Å². The first kappa shape index (κ1) is 12.4. The van der Waals surface area contributed by atoms with Crippen molar-refractivity contribution in [2.24, 2.45) is 0 Å². The minimum absolute atomic E-state index is 0.0985. The number of imide groups is 1. The van der Waals surface area contributed by atoms with Gasteiger partial charge < -0.3 is 0 Å². The van der Waals surface area contributed by atoms with Crippen molar-refractivity contribution >= 4 is 11.8 Å². The molecule has 3 rings (SSSR count). The highest BCUT2D eigenvalue weighted by atomic mass is 16.7. The van der Waals surface area contributed by atoms with Crippen LogP contribution < -0.4 is 0 Å². The molecule has 0 saturated carbocycles. The maximum Gasteiger partial charge on any atom is 0.285 e. The fourth-order valence-electron chi connectivity index (χ4n) is 1.92. The van der Waals surface area contributed by atoms with Crippen molar-refractivity contribution in [3.05, 3.63) is 41.2 Å². The van der Waals surface area contributed by atoms with Gasteiger partial charge in [-0.3, -0.25) is 14.4 Å². The predicted octanol–water partition coefficient (Wildman–Crippen LogP) is 0.209. The van der Waals surface area contributed by atoms with Crippen LogP contribution in [0.2, 0.25) is 0 Å². The molecule has 0 atom stereocenters. The number of aryl methyl sites for hydroxylation is 1. The van der Waals surface area contributed by atoms with Gasteiger partial charge in [0, 0.05) is 0 Å². The summed E-state index contributed by atoms with van der Waals surface area (Å²) in [5, 5.41) is 12.2. The summed E-state index contributed by atoms with van der Waals surface area (Å²) in [5.41, 5.74) is 0.708. The van der Waals surface area contributed by atoms with E-state index in [-0.39, 0.29) is 6.61 Å². The molecule has 0 aliphatic carbocycles. The lowest BCUT2D eigenvalue weighted by Crippen LogP contribution is -2.31. The zero-order valence-corrected chi connectivity index (χ0v) is 10.7. The second-order valence-corrected chi connectivity index (χ2v) is 4.22. The highest BCUT2D eigenvalue weighted by Crippen LogP contribution is 2.22. The van der Waals surface area contributed by atoms with Gasteiger partial charge in [-0.25, -0.2) is 0 Å². The van der Waals surface area contributed by atoms with Crippen LogP contribution in [0.1, 0.15) is 26.5 Å². The van der Waals surface area contributed by atoms with E-state index in [0.717, 1.165) is 5.06 Å². The van der Waals surface area contributed by atoms with E-state index in [1.54, 1.807) is 31.2 Å². The number of nitrogens with zero attached hydrogens (tertiary/aromatic N) is 5. The van der Waals surface area contributed by atoms with E-state index in [4.69, 9.17) is 4.84 Å². The fraction of sp³-hybridized carbons (Fsp3) is 0.250. The maximum atomic E-state index is 12.0. The Morgan fingerprint density at radius 2 is 1.80 bits per heavy atom. The van der Waals surface area contributed by atoms with Crippen LogP contribution in [0.25, 0.3) is 0 Å². The number of carbonyl (C=O) groups is 2. The Hall–Kier alpha value is -2.61. The van der Waals surface area contributed by atoms with Crippen molar-refractivity contribution in [1.82, 2.24) is 25.3 Å². The summed E-state index contributed by atoms with van der Waals surface area (Å²) in [5.74, 6) is -0.354. The summed E-state index contributed by atoms with van der Waals surface area (Å²) < 4.78 is 0. The smallest absolute Gasteiger partial charge is 0.266 e. The molecule has 0 N–H and O–H groups in total. The van der Waals surface area contributed by atoms with Crippen molar-refractivity contribution in [3.63, 3.8) is 0 Å². The van der Waals surface area contributed by atoms with Gasteiger partial charge in [-0.1, -0.05) is 12.1 Å². The molecule has 1 aromatic heterocycles. The number of hydrogen-bond donors (Lipinski definition) is 0. The lowest BCUT2D eigenvalue weighted by molar-refractivity contribution is -0.0948. The first-order valence-electron chi connectivity index (χ1n) is 6.02. The SMILES string of the molecule is Cc1nnn(CCON2C(=O)c3ccccc3C2=O)n1. The molecule has 1 aromatic carbocycles. The van der Waals surface area contributed by atoms with Gasteiger partial charge in [-0.2, -0.15) is 4.80 Å². The Labute approximate surface area is 113 Å². The van der Waals surface area contributed by atoms with E-state index in [9.17, 15) is 9.59 Å². The molecule has 2 aromatic rings. The molecule has 1 aliphatic heterocycles. The number of fused-ring (bicyclic) bond motifs is 1. The number of hydrogen-bond acceptors (Lipinski definition) is 6. The lowest BCUT2D eigenvalue weighted by Gasteiger charge is -2.12. The Morgan fingerprint density at radius 1 is 1.15 bits per heavy atom. The van der Waals surface area contributed by atoms with Crippen LogP contribution in [0.5, 0.6) is 0 Å². The molecule has 0 saturated heterocycles. The summed E-state index contributed by atoms with van der Waals surface area (Å²) >= 11 is 0. The van der Waals surface area contributed by atoms with Crippen molar-refractivity contribution in [2.75, 3.05) is 6.61 Å². The summed E-state index contributed by atoms with van der Waals surface area (Å²) in [4.78, 5) is 30.5. The van der Waals surface area contributed by atoms with Crippen LogP contribution >= 0.6 is 0 Å². The van der Waals surface area contributed by atoms with Crippen LogP contribution in [0, 0.1) is 6.92 Å². The van der Waals surface area contributed by atoms with E-state index in [1.165, 1.54) is 4.80 Å². The number of benzene rings is 1. The third-order valence-electron chi connectivity index (χ3n) is 2.82. The molecular formula is C12H11N5O3. The third-order valence-corrected chi connectivity index (χ3v) is 2.82. The molecule has 0 radical (unpaired) electrons. The van der Waals surface area contributed by atoms with Crippen LogP contribution in [0.15, 0.2) is 24.3 Å². The Balaban J connectivity index is 1.65. The molecule has 0 spiro atoms. The van der Waals surface area contributed by atoms with E-state index >= 15 is 0 Å². The van der Waals surface area contributed by atoms with E-state index in [1.807, 2.05) is 0 Å². The van der Waals surface area contributed by atoms with Gasteiger partial charge in [0.1, 0.15) is 0 Å². The minimum Gasteiger partial charge on any atom is -0.266 e. The van der Waals surface area contributed by atoms with Crippen LogP contribution in [0.3, 0.4) is 0 Å².